The Balaban J connectivity index is 2.54. The van der Waals surface area contributed by atoms with E-state index in [4.69, 9.17) is 5.73 Å². The second-order valence-electron chi connectivity index (χ2n) is 4.12. The molecular formula is C15H21FN2S. The number of hydrogen-bond donors (Lipinski definition) is 2. The summed E-state index contributed by atoms with van der Waals surface area (Å²) in [5.41, 5.74) is 8.21. The summed E-state index contributed by atoms with van der Waals surface area (Å²) in [7, 11) is 0. The fourth-order valence-corrected chi connectivity index (χ4v) is 2.31. The molecule has 1 rings (SSSR count). The predicted molar refractivity (Wildman–Crippen MR) is 84.7 cm³/mol. The van der Waals surface area contributed by atoms with Crippen molar-refractivity contribution in [2.24, 2.45) is 0 Å². The summed E-state index contributed by atoms with van der Waals surface area (Å²) in [6.07, 6.45) is 8.49. The zero-order valence-corrected chi connectivity index (χ0v) is 12.3. The van der Waals surface area contributed by atoms with Crippen LogP contribution in [0, 0.1) is 5.82 Å². The minimum Gasteiger partial charge on any atom is -0.397 e. The summed E-state index contributed by atoms with van der Waals surface area (Å²) in [6, 6.07) is 4.34. The molecular weight excluding hydrogens is 259 g/mol. The monoisotopic (exact) mass is 280 g/mol. The molecule has 0 atom stereocenters. The van der Waals surface area contributed by atoms with E-state index in [-0.39, 0.29) is 5.82 Å². The van der Waals surface area contributed by atoms with E-state index in [0.717, 1.165) is 18.6 Å². The summed E-state index contributed by atoms with van der Waals surface area (Å²) in [4.78, 5) is 0. The van der Waals surface area contributed by atoms with Crippen LogP contribution >= 0.6 is 11.9 Å². The lowest BCUT2D eigenvalue weighted by molar-refractivity contribution is 0.629. The van der Waals surface area contributed by atoms with Crippen molar-refractivity contribution < 1.29 is 4.39 Å². The number of nitrogens with two attached hydrogens (primary N) is 1. The van der Waals surface area contributed by atoms with Crippen molar-refractivity contribution in [2.75, 3.05) is 16.2 Å². The molecule has 0 amide bonds. The Morgan fingerprint density at radius 1 is 1.37 bits per heavy atom. The van der Waals surface area contributed by atoms with Gasteiger partial charge < -0.3 is 10.5 Å². The summed E-state index contributed by atoms with van der Waals surface area (Å²) < 4.78 is 16.2. The fraction of sp³-hybridized carbons (Fsp3) is 0.333. The van der Waals surface area contributed by atoms with Crippen molar-refractivity contribution in [2.45, 2.75) is 26.7 Å². The summed E-state index contributed by atoms with van der Waals surface area (Å²) >= 11 is 1.51. The summed E-state index contributed by atoms with van der Waals surface area (Å²) in [6.45, 7) is 4.22. The van der Waals surface area contributed by atoms with Crippen molar-refractivity contribution >= 4 is 23.3 Å². The molecule has 4 heteroatoms. The Bertz CT molecular complexity index is 455. The van der Waals surface area contributed by atoms with Crippen LogP contribution in [-0.4, -0.2) is 5.75 Å². The number of nitrogen functional groups attached to an aromatic ring is 1. The van der Waals surface area contributed by atoms with E-state index >= 15 is 0 Å². The Morgan fingerprint density at radius 3 is 2.84 bits per heavy atom. The van der Waals surface area contributed by atoms with Crippen LogP contribution in [0.2, 0.25) is 0 Å². The predicted octanol–water partition coefficient (Wildman–Crippen LogP) is 4.77. The first-order valence-electron chi connectivity index (χ1n) is 6.45. The van der Waals surface area contributed by atoms with Gasteiger partial charge in [-0.25, -0.2) is 4.39 Å². The second-order valence-corrected chi connectivity index (χ2v) is 4.90. The van der Waals surface area contributed by atoms with Crippen molar-refractivity contribution in [3.8, 4) is 0 Å². The minimum absolute atomic E-state index is 0.285. The third kappa shape index (κ3) is 5.83. The Labute approximate surface area is 119 Å². The standard InChI is InChI=1S/C15H21FN2S/c1-3-5-7-12(6-4-2)11-19-18-15-10-13(16)8-9-14(15)17/h5-10,18H,3-4,11,17H2,1-2H3/b7-5-,12-6+. The Morgan fingerprint density at radius 2 is 2.16 bits per heavy atom. The van der Waals surface area contributed by atoms with Gasteiger partial charge in [0.25, 0.3) is 0 Å². The molecule has 0 saturated carbocycles. The van der Waals surface area contributed by atoms with Crippen LogP contribution in [0.4, 0.5) is 15.8 Å². The normalized spacial score (nSPS) is 12.1. The highest BCUT2D eigenvalue weighted by atomic mass is 32.2. The minimum atomic E-state index is -0.285. The van der Waals surface area contributed by atoms with Gasteiger partial charge in [-0.3, -0.25) is 0 Å². The highest BCUT2D eigenvalue weighted by molar-refractivity contribution is 8.00. The quantitative estimate of drug-likeness (QED) is 0.429. The van der Waals surface area contributed by atoms with Crippen molar-refractivity contribution in [3.63, 3.8) is 0 Å². The molecule has 0 saturated heterocycles. The number of hydrogen-bond acceptors (Lipinski definition) is 3. The maximum Gasteiger partial charge on any atom is 0.125 e. The third-order valence-corrected chi connectivity index (χ3v) is 3.31. The summed E-state index contributed by atoms with van der Waals surface area (Å²) in [5.74, 6) is 0.535. The number of benzene rings is 1. The molecule has 0 aliphatic rings. The molecule has 1 aromatic carbocycles. The van der Waals surface area contributed by atoms with E-state index in [9.17, 15) is 4.39 Å². The zero-order chi connectivity index (χ0) is 14.1. The van der Waals surface area contributed by atoms with Gasteiger partial charge in [0.1, 0.15) is 5.82 Å². The van der Waals surface area contributed by atoms with Gasteiger partial charge in [-0.1, -0.05) is 32.1 Å². The van der Waals surface area contributed by atoms with Crippen LogP contribution in [0.3, 0.4) is 0 Å². The van der Waals surface area contributed by atoms with Gasteiger partial charge in [-0.2, -0.15) is 0 Å². The number of anilines is 2. The molecule has 0 radical (unpaired) electrons. The van der Waals surface area contributed by atoms with Gasteiger partial charge >= 0.3 is 0 Å². The van der Waals surface area contributed by atoms with E-state index in [1.54, 1.807) is 6.07 Å². The van der Waals surface area contributed by atoms with Crippen molar-refractivity contribution in [1.29, 1.82) is 0 Å². The van der Waals surface area contributed by atoms with Gasteiger partial charge in [0, 0.05) is 5.75 Å². The van der Waals surface area contributed by atoms with Gasteiger partial charge in [0.2, 0.25) is 0 Å². The molecule has 0 bridgehead atoms. The van der Waals surface area contributed by atoms with Crippen LogP contribution in [0.25, 0.3) is 0 Å². The zero-order valence-electron chi connectivity index (χ0n) is 11.4. The van der Waals surface area contributed by atoms with Crippen molar-refractivity contribution in [3.05, 3.63) is 47.8 Å². The fourth-order valence-electron chi connectivity index (χ4n) is 1.52. The van der Waals surface area contributed by atoms with Gasteiger partial charge in [-0.05, 0) is 48.6 Å². The average molecular weight is 280 g/mol. The first kappa shape index (κ1) is 15.6. The molecule has 2 nitrogen and oxygen atoms in total. The second kappa shape index (κ2) is 8.64. The smallest absolute Gasteiger partial charge is 0.125 e. The van der Waals surface area contributed by atoms with Crippen LogP contribution < -0.4 is 10.5 Å². The van der Waals surface area contributed by atoms with E-state index in [1.807, 2.05) is 0 Å². The molecule has 104 valence electrons. The number of nitrogens with one attached hydrogen (secondary N) is 1. The lowest BCUT2D eigenvalue weighted by atomic mass is 10.2. The van der Waals surface area contributed by atoms with E-state index in [0.29, 0.717) is 11.4 Å². The molecule has 0 fully saturated rings. The van der Waals surface area contributed by atoms with Gasteiger partial charge in [-0.15, -0.1) is 0 Å². The first-order valence-corrected chi connectivity index (χ1v) is 7.44. The van der Waals surface area contributed by atoms with Crippen LogP contribution in [0.15, 0.2) is 42.0 Å². The third-order valence-electron chi connectivity index (χ3n) is 2.47. The first-order chi connectivity index (χ1) is 9.17. The van der Waals surface area contributed by atoms with Crippen LogP contribution in [0.1, 0.15) is 26.7 Å². The number of rotatable bonds is 7. The maximum atomic E-state index is 13.1. The van der Waals surface area contributed by atoms with Crippen molar-refractivity contribution in [1.82, 2.24) is 0 Å². The van der Waals surface area contributed by atoms with Gasteiger partial charge in [0.05, 0.1) is 11.4 Å². The average Bonchev–Trinajstić information content (AvgIpc) is 2.40. The number of halogens is 1. The molecule has 0 aliphatic heterocycles. The van der Waals surface area contributed by atoms with E-state index in [2.05, 4.69) is 36.8 Å². The highest BCUT2D eigenvalue weighted by Gasteiger charge is 2.01. The molecule has 0 aliphatic carbocycles. The highest BCUT2D eigenvalue weighted by Crippen LogP contribution is 2.23. The molecule has 3 N–H and O–H groups in total. The maximum absolute atomic E-state index is 13.1. The van der Waals surface area contributed by atoms with Gasteiger partial charge in [0.15, 0.2) is 0 Å². The molecule has 0 spiro atoms. The number of allylic oxidation sites excluding steroid dienone is 3. The molecule has 0 unspecified atom stereocenters. The van der Waals surface area contributed by atoms with Crippen LogP contribution in [0.5, 0.6) is 0 Å². The Kier molecular flexibility index (Phi) is 7.11. The molecule has 19 heavy (non-hydrogen) atoms. The summed E-state index contributed by atoms with van der Waals surface area (Å²) in [5, 5.41) is 0. The lowest BCUT2D eigenvalue weighted by Crippen LogP contribution is -1.97. The van der Waals surface area contributed by atoms with E-state index < -0.39 is 0 Å². The lowest BCUT2D eigenvalue weighted by Gasteiger charge is -2.09. The Hall–Kier alpha value is -1.42. The largest absolute Gasteiger partial charge is 0.397 e. The van der Waals surface area contributed by atoms with Crippen LogP contribution in [-0.2, 0) is 0 Å². The molecule has 0 aromatic heterocycles. The topological polar surface area (TPSA) is 38.0 Å². The molecule has 0 heterocycles. The van der Waals surface area contributed by atoms with E-state index in [1.165, 1.54) is 29.7 Å². The SMILES string of the molecule is CC/C=C\C(=C/CC)CSNc1cc(F)ccc1N. The molecule has 1 aromatic rings.